The summed E-state index contributed by atoms with van der Waals surface area (Å²) >= 11 is 5.04. The van der Waals surface area contributed by atoms with Crippen LogP contribution < -0.4 is 5.73 Å². The Hall–Kier alpha value is -1.07. The van der Waals surface area contributed by atoms with E-state index in [-0.39, 0.29) is 6.04 Å². The Labute approximate surface area is 94.5 Å². The lowest BCUT2D eigenvalue weighted by atomic mass is 10.2. The molecular weight excluding hydrogens is 208 g/mol. The number of nitrogens with zero attached hydrogens (tertiary/aromatic N) is 3. The minimum Gasteiger partial charge on any atom is -0.392 e. The highest BCUT2D eigenvalue weighted by Crippen LogP contribution is 2.18. The minimum atomic E-state index is 0.226. The summed E-state index contributed by atoms with van der Waals surface area (Å²) in [6.45, 7) is 1.77. The Morgan fingerprint density at radius 3 is 2.93 bits per heavy atom. The Morgan fingerprint density at radius 2 is 2.27 bits per heavy atom. The van der Waals surface area contributed by atoms with E-state index >= 15 is 0 Å². The lowest BCUT2D eigenvalue weighted by molar-refractivity contribution is 0.287. The first-order valence-electron chi connectivity index (χ1n) is 5.06. The summed E-state index contributed by atoms with van der Waals surface area (Å²) in [6, 6.07) is 2.04. The molecule has 0 amide bonds. The molecule has 1 aliphatic rings. The van der Waals surface area contributed by atoms with Crippen molar-refractivity contribution in [2.24, 2.45) is 5.73 Å². The molecule has 4 nitrogen and oxygen atoms in total. The van der Waals surface area contributed by atoms with Crippen molar-refractivity contribution < 1.29 is 0 Å². The van der Waals surface area contributed by atoms with Crippen molar-refractivity contribution in [1.29, 1.82) is 0 Å². The van der Waals surface area contributed by atoms with Crippen LogP contribution in [-0.4, -0.2) is 32.4 Å². The van der Waals surface area contributed by atoms with Gasteiger partial charge in [0, 0.05) is 12.4 Å². The Morgan fingerprint density at radius 1 is 1.53 bits per heavy atom. The first-order chi connectivity index (χ1) is 7.27. The Balaban J connectivity index is 2.03. The van der Waals surface area contributed by atoms with Crippen LogP contribution in [0.2, 0.25) is 0 Å². The number of thiocarbonyl (C=S) groups is 1. The second-order valence-electron chi connectivity index (χ2n) is 3.70. The van der Waals surface area contributed by atoms with Crippen LogP contribution in [0.5, 0.6) is 0 Å². The average Bonchev–Trinajstić information content (AvgIpc) is 2.67. The van der Waals surface area contributed by atoms with Gasteiger partial charge in [-0.2, -0.15) is 0 Å². The molecule has 0 radical (unpaired) electrons. The second-order valence-corrected chi connectivity index (χ2v) is 4.17. The van der Waals surface area contributed by atoms with E-state index in [1.807, 2.05) is 6.07 Å². The predicted molar refractivity (Wildman–Crippen MR) is 62.2 cm³/mol. The standard InChI is InChI=1S/C10H14N4S/c11-10(15)8-3-1-6-14(8)7-9-12-4-2-5-13-9/h2,4-5,8H,1,3,6-7H2,(H2,11,15). The average molecular weight is 222 g/mol. The Bertz CT molecular complexity index is 341. The van der Waals surface area contributed by atoms with Crippen molar-refractivity contribution in [2.45, 2.75) is 25.4 Å². The van der Waals surface area contributed by atoms with Gasteiger partial charge in [0.2, 0.25) is 0 Å². The van der Waals surface area contributed by atoms with Gasteiger partial charge in [-0.15, -0.1) is 0 Å². The Kier molecular flexibility index (Phi) is 3.23. The number of rotatable bonds is 3. The van der Waals surface area contributed by atoms with Crippen molar-refractivity contribution in [1.82, 2.24) is 14.9 Å². The van der Waals surface area contributed by atoms with Gasteiger partial charge in [-0.05, 0) is 25.5 Å². The molecule has 0 spiro atoms. The van der Waals surface area contributed by atoms with Crippen LogP contribution in [0.1, 0.15) is 18.7 Å². The highest BCUT2D eigenvalue weighted by atomic mass is 32.1. The van der Waals surface area contributed by atoms with Crippen molar-refractivity contribution in [2.75, 3.05) is 6.54 Å². The molecule has 1 aromatic rings. The number of nitrogens with two attached hydrogens (primary N) is 1. The number of aromatic nitrogens is 2. The first-order valence-corrected chi connectivity index (χ1v) is 5.47. The number of hydrogen-bond acceptors (Lipinski definition) is 4. The SMILES string of the molecule is NC(=S)C1CCCN1Cc1ncccn1. The van der Waals surface area contributed by atoms with E-state index in [1.165, 1.54) is 0 Å². The van der Waals surface area contributed by atoms with Gasteiger partial charge in [-0.25, -0.2) is 9.97 Å². The third-order valence-corrected chi connectivity index (χ3v) is 2.93. The van der Waals surface area contributed by atoms with Gasteiger partial charge in [-0.3, -0.25) is 4.90 Å². The molecule has 0 aromatic carbocycles. The van der Waals surface area contributed by atoms with Crippen LogP contribution in [0.4, 0.5) is 0 Å². The number of hydrogen-bond donors (Lipinski definition) is 1. The van der Waals surface area contributed by atoms with Gasteiger partial charge >= 0.3 is 0 Å². The molecule has 0 aliphatic carbocycles. The van der Waals surface area contributed by atoms with Crippen LogP contribution >= 0.6 is 12.2 Å². The predicted octanol–water partition coefficient (Wildman–Crippen LogP) is 0.727. The fourth-order valence-electron chi connectivity index (χ4n) is 1.93. The van der Waals surface area contributed by atoms with E-state index in [0.717, 1.165) is 31.8 Å². The lowest BCUT2D eigenvalue weighted by Crippen LogP contribution is -2.38. The molecule has 1 aromatic heterocycles. The van der Waals surface area contributed by atoms with Crippen LogP contribution in [-0.2, 0) is 6.54 Å². The third kappa shape index (κ3) is 2.49. The minimum absolute atomic E-state index is 0.226. The van der Waals surface area contributed by atoms with Crippen LogP contribution in [0.15, 0.2) is 18.5 Å². The van der Waals surface area contributed by atoms with Crippen molar-refractivity contribution in [3.05, 3.63) is 24.3 Å². The van der Waals surface area contributed by atoms with Crippen LogP contribution in [0.3, 0.4) is 0 Å². The van der Waals surface area contributed by atoms with Crippen molar-refractivity contribution >= 4 is 17.2 Å². The van der Waals surface area contributed by atoms with E-state index in [9.17, 15) is 0 Å². The summed E-state index contributed by atoms with van der Waals surface area (Å²) < 4.78 is 0. The fourth-order valence-corrected chi connectivity index (χ4v) is 2.20. The monoisotopic (exact) mass is 222 g/mol. The number of likely N-dealkylation sites (tertiary alicyclic amines) is 1. The van der Waals surface area contributed by atoms with Gasteiger partial charge < -0.3 is 5.73 Å². The van der Waals surface area contributed by atoms with E-state index in [0.29, 0.717) is 4.99 Å². The van der Waals surface area contributed by atoms with E-state index < -0.39 is 0 Å². The lowest BCUT2D eigenvalue weighted by Gasteiger charge is -2.22. The summed E-state index contributed by atoms with van der Waals surface area (Å²) in [5, 5.41) is 0. The summed E-state index contributed by atoms with van der Waals surface area (Å²) in [6.07, 6.45) is 5.72. The maximum Gasteiger partial charge on any atom is 0.142 e. The maximum atomic E-state index is 5.69. The highest BCUT2D eigenvalue weighted by molar-refractivity contribution is 7.80. The molecule has 0 saturated carbocycles. The quantitative estimate of drug-likeness (QED) is 0.764. The summed E-state index contributed by atoms with van der Waals surface area (Å²) in [7, 11) is 0. The van der Waals surface area contributed by atoms with Gasteiger partial charge in [0.25, 0.3) is 0 Å². The molecular formula is C10H14N4S. The topological polar surface area (TPSA) is 55.0 Å². The molecule has 0 bridgehead atoms. The smallest absolute Gasteiger partial charge is 0.142 e. The summed E-state index contributed by atoms with van der Waals surface area (Å²) in [5.41, 5.74) is 5.69. The molecule has 2 rings (SSSR count). The molecule has 2 heterocycles. The molecule has 1 unspecified atom stereocenters. The van der Waals surface area contributed by atoms with Crippen molar-refractivity contribution in [3.63, 3.8) is 0 Å². The van der Waals surface area contributed by atoms with E-state index in [2.05, 4.69) is 14.9 Å². The van der Waals surface area contributed by atoms with E-state index in [1.54, 1.807) is 12.4 Å². The molecule has 1 saturated heterocycles. The normalized spacial score (nSPS) is 21.7. The van der Waals surface area contributed by atoms with Gasteiger partial charge in [0.05, 0.1) is 17.6 Å². The summed E-state index contributed by atoms with van der Waals surface area (Å²) in [4.78, 5) is 11.2. The molecule has 2 N–H and O–H groups in total. The maximum absolute atomic E-state index is 5.69. The third-order valence-electron chi connectivity index (χ3n) is 2.66. The second kappa shape index (κ2) is 4.63. The zero-order chi connectivity index (χ0) is 10.7. The van der Waals surface area contributed by atoms with Gasteiger partial charge in [-0.1, -0.05) is 12.2 Å². The zero-order valence-corrected chi connectivity index (χ0v) is 9.28. The highest BCUT2D eigenvalue weighted by Gasteiger charge is 2.26. The fraction of sp³-hybridized carbons (Fsp3) is 0.500. The summed E-state index contributed by atoms with van der Waals surface area (Å²) in [5.74, 6) is 0.834. The van der Waals surface area contributed by atoms with Gasteiger partial charge in [0.15, 0.2) is 0 Å². The molecule has 1 atom stereocenters. The molecule has 80 valence electrons. The molecule has 1 fully saturated rings. The molecule has 1 aliphatic heterocycles. The van der Waals surface area contributed by atoms with Crippen LogP contribution in [0, 0.1) is 0 Å². The molecule has 5 heteroatoms. The largest absolute Gasteiger partial charge is 0.392 e. The molecule has 15 heavy (non-hydrogen) atoms. The van der Waals surface area contributed by atoms with Crippen molar-refractivity contribution in [3.8, 4) is 0 Å². The zero-order valence-electron chi connectivity index (χ0n) is 8.47. The van der Waals surface area contributed by atoms with Gasteiger partial charge in [0.1, 0.15) is 5.82 Å². The first kappa shape index (κ1) is 10.4. The van der Waals surface area contributed by atoms with Crippen LogP contribution in [0.25, 0.3) is 0 Å². The van der Waals surface area contributed by atoms with E-state index in [4.69, 9.17) is 18.0 Å².